The molecular formula is C13H21N3O. The van der Waals surface area contributed by atoms with Gasteiger partial charge in [0.25, 0.3) is 0 Å². The molecule has 1 aromatic heterocycles. The molecule has 4 heteroatoms. The van der Waals surface area contributed by atoms with Gasteiger partial charge in [0.15, 0.2) is 0 Å². The molecular weight excluding hydrogens is 214 g/mol. The third kappa shape index (κ3) is 3.48. The minimum Gasteiger partial charge on any atom is -0.381 e. The Morgan fingerprint density at radius 2 is 2.18 bits per heavy atom. The van der Waals surface area contributed by atoms with Crippen LogP contribution >= 0.6 is 0 Å². The molecule has 0 aliphatic carbocycles. The number of aromatic nitrogens is 2. The highest BCUT2D eigenvalue weighted by atomic mass is 16.5. The van der Waals surface area contributed by atoms with Crippen LogP contribution in [-0.2, 0) is 4.74 Å². The van der Waals surface area contributed by atoms with Crippen LogP contribution in [0.4, 0.5) is 0 Å². The normalized spacial score (nSPS) is 21.1. The van der Waals surface area contributed by atoms with Crippen molar-refractivity contribution in [1.82, 2.24) is 15.3 Å². The Kier molecular flexibility index (Phi) is 4.07. The Balaban J connectivity index is 1.85. The maximum Gasteiger partial charge on any atom is 0.0753 e. The zero-order valence-electron chi connectivity index (χ0n) is 10.6. The van der Waals surface area contributed by atoms with Crippen molar-refractivity contribution < 1.29 is 4.74 Å². The summed E-state index contributed by atoms with van der Waals surface area (Å²) in [5.74, 6) is 0. The van der Waals surface area contributed by atoms with Gasteiger partial charge in [-0.2, -0.15) is 0 Å². The van der Waals surface area contributed by atoms with Crippen molar-refractivity contribution in [2.45, 2.75) is 32.7 Å². The molecule has 0 saturated carbocycles. The molecule has 0 spiro atoms. The van der Waals surface area contributed by atoms with E-state index in [4.69, 9.17) is 4.74 Å². The lowest BCUT2D eigenvalue weighted by atomic mass is 9.82. The van der Waals surface area contributed by atoms with E-state index in [0.29, 0.717) is 5.41 Å². The van der Waals surface area contributed by atoms with Gasteiger partial charge in [-0.1, -0.05) is 6.92 Å². The van der Waals surface area contributed by atoms with Gasteiger partial charge in [0.05, 0.1) is 5.69 Å². The molecule has 1 fully saturated rings. The molecule has 1 atom stereocenters. The SMILES string of the molecule is CC(NCC1(C)CCOCC1)c1cnccn1. The Morgan fingerprint density at radius 1 is 1.41 bits per heavy atom. The highest BCUT2D eigenvalue weighted by Gasteiger charge is 2.27. The first kappa shape index (κ1) is 12.5. The number of nitrogens with zero attached hydrogens (tertiary/aromatic N) is 2. The molecule has 1 unspecified atom stereocenters. The van der Waals surface area contributed by atoms with Crippen molar-refractivity contribution in [3.63, 3.8) is 0 Å². The van der Waals surface area contributed by atoms with Gasteiger partial charge in [-0.15, -0.1) is 0 Å². The summed E-state index contributed by atoms with van der Waals surface area (Å²) >= 11 is 0. The summed E-state index contributed by atoms with van der Waals surface area (Å²) in [4.78, 5) is 8.41. The standard InChI is InChI=1S/C13H21N3O/c1-11(12-9-14-5-6-15-12)16-10-13(2)3-7-17-8-4-13/h5-6,9,11,16H,3-4,7-8,10H2,1-2H3. The number of rotatable bonds is 4. The van der Waals surface area contributed by atoms with Gasteiger partial charge >= 0.3 is 0 Å². The molecule has 1 saturated heterocycles. The zero-order valence-corrected chi connectivity index (χ0v) is 10.6. The molecule has 1 aliphatic rings. The molecule has 0 radical (unpaired) electrons. The van der Waals surface area contributed by atoms with Gasteiger partial charge < -0.3 is 10.1 Å². The molecule has 2 heterocycles. The van der Waals surface area contributed by atoms with Crippen molar-refractivity contribution in [1.29, 1.82) is 0 Å². The third-order valence-corrected chi connectivity index (χ3v) is 3.56. The van der Waals surface area contributed by atoms with E-state index >= 15 is 0 Å². The van der Waals surface area contributed by atoms with Gasteiger partial charge in [-0.3, -0.25) is 9.97 Å². The zero-order chi connectivity index (χ0) is 12.1. The van der Waals surface area contributed by atoms with Crippen LogP contribution in [0.25, 0.3) is 0 Å². The largest absolute Gasteiger partial charge is 0.381 e. The van der Waals surface area contributed by atoms with Gasteiger partial charge in [-0.25, -0.2) is 0 Å². The van der Waals surface area contributed by atoms with E-state index in [9.17, 15) is 0 Å². The van der Waals surface area contributed by atoms with Crippen molar-refractivity contribution in [3.05, 3.63) is 24.3 Å². The van der Waals surface area contributed by atoms with E-state index in [1.807, 2.05) is 6.20 Å². The molecule has 2 rings (SSSR count). The second-order valence-electron chi connectivity index (χ2n) is 5.16. The predicted octanol–water partition coefficient (Wildman–Crippen LogP) is 1.94. The molecule has 0 bridgehead atoms. The Bertz CT molecular complexity index is 336. The van der Waals surface area contributed by atoms with E-state index in [-0.39, 0.29) is 6.04 Å². The molecule has 0 aromatic carbocycles. The summed E-state index contributed by atoms with van der Waals surface area (Å²) in [7, 11) is 0. The van der Waals surface area contributed by atoms with Crippen LogP contribution < -0.4 is 5.32 Å². The first-order valence-electron chi connectivity index (χ1n) is 6.27. The fraction of sp³-hybridized carbons (Fsp3) is 0.692. The molecule has 1 aliphatic heterocycles. The van der Waals surface area contributed by atoms with Crippen LogP contribution in [0.1, 0.15) is 38.4 Å². The average Bonchev–Trinajstić information content (AvgIpc) is 2.38. The molecule has 4 nitrogen and oxygen atoms in total. The quantitative estimate of drug-likeness (QED) is 0.866. The fourth-order valence-corrected chi connectivity index (χ4v) is 2.08. The molecule has 0 amide bonds. The minimum absolute atomic E-state index is 0.253. The van der Waals surface area contributed by atoms with Gasteiger partial charge in [0, 0.05) is 44.4 Å². The van der Waals surface area contributed by atoms with Gasteiger partial charge in [0.2, 0.25) is 0 Å². The fourth-order valence-electron chi connectivity index (χ4n) is 2.08. The van der Waals surface area contributed by atoms with Gasteiger partial charge in [-0.05, 0) is 25.2 Å². The van der Waals surface area contributed by atoms with E-state index in [1.54, 1.807) is 12.4 Å². The van der Waals surface area contributed by atoms with Crippen LogP contribution in [-0.4, -0.2) is 29.7 Å². The number of nitrogens with one attached hydrogen (secondary N) is 1. The lowest BCUT2D eigenvalue weighted by molar-refractivity contribution is 0.0230. The van der Waals surface area contributed by atoms with E-state index < -0.39 is 0 Å². The lowest BCUT2D eigenvalue weighted by Gasteiger charge is -2.34. The van der Waals surface area contributed by atoms with Crippen molar-refractivity contribution in [3.8, 4) is 0 Å². The van der Waals surface area contributed by atoms with Crippen molar-refractivity contribution in [2.24, 2.45) is 5.41 Å². The maximum atomic E-state index is 5.41. The van der Waals surface area contributed by atoms with Crippen molar-refractivity contribution in [2.75, 3.05) is 19.8 Å². The van der Waals surface area contributed by atoms with E-state index in [1.165, 1.54) is 0 Å². The van der Waals surface area contributed by atoms with Crippen molar-refractivity contribution >= 4 is 0 Å². The molecule has 17 heavy (non-hydrogen) atoms. The summed E-state index contributed by atoms with van der Waals surface area (Å²) in [6.45, 7) is 7.24. The maximum absolute atomic E-state index is 5.41. The first-order valence-corrected chi connectivity index (χ1v) is 6.27. The number of ether oxygens (including phenoxy) is 1. The Labute approximate surface area is 103 Å². The highest BCUT2D eigenvalue weighted by Crippen LogP contribution is 2.29. The van der Waals surface area contributed by atoms with Crippen LogP contribution in [0.3, 0.4) is 0 Å². The third-order valence-electron chi connectivity index (χ3n) is 3.56. The summed E-state index contributed by atoms with van der Waals surface area (Å²) in [5.41, 5.74) is 1.36. The van der Waals surface area contributed by atoms with E-state index in [0.717, 1.165) is 38.3 Å². The van der Waals surface area contributed by atoms with Gasteiger partial charge in [0.1, 0.15) is 0 Å². The second kappa shape index (κ2) is 5.56. The first-order chi connectivity index (χ1) is 8.20. The van der Waals surface area contributed by atoms with Crippen LogP contribution in [0.15, 0.2) is 18.6 Å². The summed E-state index contributed by atoms with van der Waals surface area (Å²) in [6, 6.07) is 0.253. The Morgan fingerprint density at radius 3 is 2.82 bits per heavy atom. The van der Waals surface area contributed by atoms with E-state index in [2.05, 4.69) is 29.1 Å². The average molecular weight is 235 g/mol. The number of hydrogen-bond acceptors (Lipinski definition) is 4. The smallest absolute Gasteiger partial charge is 0.0753 e. The Hall–Kier alpha value is -1.00. The minimum atomic E-state index is 0.253. The summed E-state index contributed by atoms with van der Waals surface area (Å²) < 4.78 is 5.41. The highest BCUT2D eigenvalue weighted by molar-refractivity contribution is 5.00. The summed E-state index contributed by atoms with van der Waals surface area (Å²) in [5, 5.41) is 3.55. The van der Waals surface area contributed by atoms with Crippen LogP contribution in [0.5, 0.6) is 0 Å². The second-order valence-corrected chi connectivity index (χ2v) is 5.16. The summed E-state index contributed by atoms with van der Waals surface area (Å²) in [6.07, 6.45) is 7.53. The predicted molar refractivity (Wildman–Crippen MR) is 66.6 cm³/mol. The topological polar surface area (TPSA) is 47.0 Å². The number of hydrogen-bond donors (Lipinski definition) is 1. The molecule has 1 N–H and O–H groups in total. The molecule has 1 aromatic rings. The van der Waals surface area contributed by atoms with Crippen LogP contribution in [0, 0.1) is 5.41 Å². The lowest BCUT2D eigenvalue weighted by Crippen LogP contribution is -2.37. The molecule has 94 valence electrons. The van der Waals surface area contributed by atoms with Crippen LogP contribution in [0.2, 0.25) is 0 Å². The monoisotopic (exact) mass is 235 g/mol.